The number of hydrogen-bond acceptors (Lipinski definition) is 4. The summed E-state index contributed by atoms with van der Waals surface area (Å²) in [7, 11) is 0. The standard InChI is InChI=1S/C21H16NS.C5H8O2.Ir/c1-14-7-6-8-15(2)20(14)19-13-17-11-12-18(22-21(17)23-19)16-9-4-3-5-10-16;1-4(6)3-5(2)7;/h3-9,11-13H,1-2H3;3,6H,1-2H3;/q-1;;/b;4-3-;. The van der Waals surface area contributed by atoms with Gasteiger partial charge in [-0.15, -0.1) is 47.2 Å². The molecule has 0 bridgehead atoms. The SMILES string of the molecule is CC(=O)/C=C(/C)O.Cc1cccc(C)c1-c1cc2ccc(-c3[c-]cccc3)nc2s1.[Ir]. The second kappa shape index (κ2) is 11.1. The van der Waals surface area contributed by atoms with E-state index in [1.807, 2.05) is 24.3 Å². The van der Waals surface area contributed by atoms with Crippen molar-refractivity contribution in [1.29, 1.82) is 0 Å². The minimum Gasteiger partial charge on any atom is -0.512 e. The van der Waals surface area contributed by atoms with Crippen LogP contribution in [-0.2, 0) is 24.9 Å². The van der Waals surface area contributed by atoms with Gasteiger partial charge in [0.2, 0.25) is 0 Å². The first kappa shape index (κ1) is 24.7. The van der Waals surface area contributed by atoms with E-state index < -0.39 is 0 Å². The van der Waals surface area contributed by atoms with Crippen molar-refractivity contribution in [3.8, 4) is 21.7 Å². The summed E-state index contributed by atoms with van der Waals surface area (Å²) in [5.41, 5.74) is 5.98. The van der Waals surface area contributed by atoms with Gasteiger partial charge in [0.1, 0.15) is 4.83 Å². The molecule has 0 aliphatic rings. The van der Waals surface area contributed by atoms with Crippen molar-refractivity contribution < 1.29 is 30.0 Å². The van der Waals surface area contributed by atoms with Crippen molar-refractivity contribution in [3.05, 3.63) is 89.7 Å². The molecule has 4 aromatic rings. The Morgan fingerprint density at radius 2 is 1.74 bits per heavy atom. The number of nitrogens with zero attached hydrogens (tertiary/aromatic N) is 1. The van der Waals surface area contributed by atoms with Crippen LogP contribution in [0, 0.1) is 19.9 Å². The van der Waals surface area contributed by atoms with Gasteiger partial charge in [0, 0.05) is 36.4 Å². The molecule has 0 aliphatic heterocycles. The molecule has 2 aromatic carbocycles. The topological polar surface area (TPSA) is 50.2 Å². The summed E-state index contributed by atoms with van der Waals surface area (Å²) in [6, 6.07) is 24.2. The maximum Gasteiger partial charge on any atom is 0.155 e. The van der Waals surface area contributed by atoms with E-state index in [-0.39, 0.29) is 31.6 Å². The first-order valence-corrected chi connectivity index (χ1v) is 10.5. The molecule has 2 heterocycles. The van der Waals surface area contributed by atoms with E-state index >= 15 is 0 Å². The predicted molar refractivity (Wildman–Crippen MR) is 126 cm³/mol. The van der Waals surface area contributed by atoms with Crippen LogP contribution in [0.3, 0.4) is 0 Å². The van der Waals surface area contributed by atoms with Crippen molar-refractivity contribution in [2.24, 2.45) is 0 Å². The maximum absolute atomic E-state index is 10.0. The Morgan fingerprint density at radius 3 is 2.29 bits per heavy atom. The van der Waals surface area contributed by atoms with Gasteiger partial charge >= 0.3 is 0 Å². The Kier molecular flexibility index (Phi) is 8.87. The van der Waals surface area contributed by atoms with Crippen molar-refractivity contribution in [2.75, 3.05) is 0 Å². The third kappa shape index (κ3) is 6.44. The van der Waals surface area contributed by atoms with Crippen LogP contribution in [0.15, 0.2) is 72.5 Å². The molecule has 0 unspecified atom stereocenters. The summed E-state index contributed by atoms with van der Waals surface area (Å²) in [6.07, 6.45) is 1.17. The van der Waals surface area contributed by atoms with Crippen LogP contribution >= 0.6 is 11.3 Å². The minimum absolute atomic E-state index is 0. The second-order valence-corrected chi connectivity index (χ2v) is 8.17. The van der Waals surface area contributed by atoms with Gasteiger partial charge in [-0.05, 0) is 56.1 Å². The number of aryl methyl sites for hydroxylation is 2. The van der Waals surface area contributed by atoms with Crippen LogP contribution < -0.4 is 0 Å². The molecule has 0 saturated carbocycles. The van der Waals surface area contributed by atoms with Gasteiger partial charge in [-0.2, -0.15) is 0 Å². The molecule has 0 aliphatic carbocycles. The van der Waals surface area contributed by atoms with Gasteiger partial charge in [-0.25, -0.2) is 0 Å². The fraction of sp³-hybridized carbons (Fsp3) is 0.154. The van der Waals surface area contributed by atoms with Crippen molar-refractivity contribution in [2.45, 2.75) is 27.7 Å². The molecule has 4 rings (SSSR count). The van der Waals surface area contributed by atoms with E-state index in [9.17, 15) is 4.79 Å². The Hall–Kier alpha value is -2.59. The molecule has 161 valence electrons. The van der Waals surface area contributed by atoms with Crippen LogP contribution in [-0.4, -0.2) is 15.9 Å². The first-order chi connectivity index (χ1) is 14.3. The molecule has 0 fully saturated rings. The number of fused-ring (bicyclic) bond motifs is 1. The number of aliphatic hydroxyl groups is 1. The Labute approximate surface area is 200 Å². The van der Waals surface area contributed by atoms with Crippen molar-refractivity contribution in [1.82, 2.24) is 4.98 Å². The van der Waals surface area contributed by atoms with Gasteiger partial charge in [-0.1, -0.05) is 30.3 Å². The van der Waals surface area contributed by atoms with Gasteiger partial charge in [0.05, 0.1) is 5.76 Å². The number of rotatable bonds is 3. The van der Waals surface area contributed by atoms with E-state index in [4.69, 9.17) is 10.1 Å². The normalized spacial score (nSPS) is 10.8. The summed E-state index contributed by atoms with van der Waals surface area (Å²) in [5, 5.41) is 9.56. The molecule has 5 heteroatoms. The smallest absolute Gasteiger partial charge is 0.155 e. The van der Waals surface area contributed by atoms with E-state index in [0.29, 0.717) is 0 Å². The zero-order valence-corrected chi connectivity index (χ0v) is 21.1. The number of hydrogen-bond donors (Lipinski definition) is 1. The summed E-state index contributed by atoms with van der Waals surface area (Å²) >= 11 is 1.76. The van der Waals surface area contributed by atoms with Gasteiger partial charge in [0.15, 0.2) is 5.78 Å². The number of pyridine rings is 1. The fourth-order valence-corrected chi connectivity index (χ4v) is 4.45. The van der Waals surface area contributed by atoms with Gasteiger partial charge < -0.3 is 5.11 Å². The van der Waals surface area contributed by atoms with Crippen molar-refractivity contribution >= 4 is 27.3 Å². The number of benzene rings is 2. The zero-order chi connectivity index (χ0) is 21.7. The number of ketones is 1. The van der Waals surface area contributed by atoms with Crippen LogP contribution in [0.25, 0.3) is 31.9 Å². The molecule has 0 spiro atoms. The first-order valence-electron chi connectivity index (χ1n) is 9.67. The molecule has 0 amide bonds. The summed E-state index contributed by atoms with van der Waals surface area (Å²) < 4.78 is 0. The van der Waals surface area contributed by atoms with Crippen molar-refractivity contribution in [3.63, 3.8) is 0 Å². The van der Waals surface area contributed by atoms with Crippen LogP contribution in [0.4, 0.5) is 0 Å². The Morgan fingerprint density at radius 1 is 1.03 bits per heavy atom. The van der Waals surface area contributed by atoms with Gasteiger partial charge in [-0.3, -0.25) is 9.78 Å². The average molecular weight is 607 g/mol. The largest absolute Gasteiger partial charge is 0.512 e. The predicted octanol–water partition coefficient (Wildman–Crippen LogP) is 7.08. The number of carbonyl (C=O) groups excluding carboxylic acids is 1. The average Bonchev–Trinajstić information content (AvgIpc) is 3.10. The maximum atomic E-state index is 10.0. The van der Waals surface area contributed by atoms with Crippen LogP contribution in [0.1, 0.15) is 25.0 Å². The summed E-state index contributed by atoms with van der Waals surface area (Å²) in [5.74, 6) is -0.0625. The molecule has 2 aromatic heterocycles. The second-order valence-electron chi connectivity index (χ2n) is 7.14. The quantitative estimate of drug-likeness (QED) is 0.154. The molecule has 0 atom stereocenters. The molecular weight excluding hydrogens is 583 g/mol. The number of allylic oxidation sites excluding steroid dienone is 2. The minimum atomic E-state index is -0.125. The number of aliphatic hydroxyl groups excluding tert-OH is 1. The third-order valence-corrected chi connectivity index (χ3v) is 5.57. The number of aromatic nitrogens is 1. The van der Waals surface area contributed by atoms with E-state index in [1.165, 1.54) is 46.9 Å². The molecule has 1 N–H and O–H groups in total. The van der Waals surface area contributed by atoms with Crippen LogP contribution in [0.5, 0.6) is 0 Å². The molecule has 0 saturated heterocycles. The monoisotopic (exact) mass is 607 g/mol. The Bertz CT molecular complexity index is 1190. The van der Waals surface area contributed by atoms with E-state index in [2.05, 4.69) is 56.3 Å². The number of carbonyl (C=O) groups is 1. The number of thiophene rings is 1. The van der Waals surface area contributed by atoms with Gasteiger partial charge in [0.25, 0.3) is 0 Å². The summed E-state index contributed by atoms with van der Waals surface area (Å²) in [6.45, 7) is 7.19. The molecule has 1 radical (unpaired) electrons. The van der Waals surface area contributed by atoms with E-state index in [0.717, 1.165) is 16.1 Å². The third-order valence-electron chi connectivity index (χ3n) is 4.51. The van der Waals surface area contributed by atoms with Crippen LogP contribution in [0.2, 0.25) is 0 Å². The fourth-order valence-electron chi connectivity index (χ4n) is 3.24. The van der Waals surface area contributed by atoms with E-state index in [1.54, 1.807) is 11.3 Å². The molecule has 3 nitrogen and oxygen atoms in total. The zero-order valence-electron chi connectivity index (χ0n) is 17.9. The molecular formula is C26H24IrNO2S-. The Balaban J connectivity index is 0.000000373. The summed E-state index contributed by atoms with van der Waals surface area (Å²) in [4.78, 5) is 17.2. The molecule has 31 heavy (non-hydrogen) atoms.